The second kappa shape index (κ2) is 5.08. The molecule has 0 spiro atoms. The Balaban J connectivity index is 1.99. The van der Waals surface area contributed by atoms with Crippen molar-refractivity contribution in [3.8, 4) is 0 Å². The number of hydrogen-bond acceptors (Lipinski definition) is 2. The number of hydrogen-bond donors (Lipinski definition) is 0. The summed E-state index contributed by atoms with van der Waals surface area (Å²) in [5, 5.41) is 0. The number of aromatic nitrogens is 1. The summed E-state index contributed by atoms with van der Waals surface area (Å²) >= 11 is 3.75. The van der Waals surface area contributed by atoms with Crippen LogP contribution in [0.5, 0.6) is 0 Å². The summed E-state index contributed by atoms with van der Waals surface area (Å²) in [6.45, 7) is 4.53. The molecule has 2 rings (SSSR count). The van der Waals surface area contributed by atoms with Gasteiger partial charge >= 0.3 is 0 Å². The van der Waals surface area contributed by atoms with Crippen LogP contribution in [0.3, 0.4) is 0 Å². The lowest BCUT2D eigenvalue weighted by Crippen LogP contribution is -2.43. The SMILES string of the molecule is CC1C(Br)CCCN1Cc1cccnc1. The maximum atomic E-state index is 4.16. The van der Waals surface area contributed by atoms with Gasteiger partial charge in [0.25, 0.3) is 0 Å². The fraction of sp³-hybridized carbons (Fsp3) is 0.583. The first kappa shape index (κ1) is 11.1. The summed E-state index contributed by atoms with van der Waals surface area (Å²) in [6.07, 6.45) is 6.38. The fourth-order valence-corrected chi connectivity index (χ4v) is 2.77. The Kier molecular flexibility index (Phi) is 3.76. The maximum absolute atomic E-state index is 4.16. The molecule has 1 saturated heterocycles. The molecule has 0 aromatic carbocycles. The van der Waals surface area contributed by atoms with Crippen molar-refractivity contribution in [3.63, 3.8) is 0 Å². The minimum Gasteiger partial charge on any atom is -0.295 e. The van der Waals surface area contributed by atoms with Crippen LogP contribution in [0.1, 0.15) is 25.3 Å². The Labute approximate surface area is 99.8 Å². The zero-order valence-corrected chi connectivity index (χ0v) is 10.7. The van der Waals surface area contributed by atoms with Crippen molar-refractivity contribution < 1.29 is 0 Å². The van der Waals surface area contributed by atoms with E-state index in [1.165, 1.54) is 24.9 Å². The van der Waals surface area contributed by atoms with Gasteiger partial charge in [-0.1, -0.05) is 22.0 Å². The van der Waals surface area contributed by atoms with Crippen molar-refractivity contribution in [2.75, 3.05) is 6.54 Å². The zero-order chi connectivity index (χ0) is 10.7. The van der Waals surface area contributed by atoms with Crippen LogP contribution in [-0.2, 0) is 6.54 Å². The van der Waals surface area contributed by atoms with Crippen LogP contribution in [-0.4, -0.2) is 27.3 Å². The van der Waals surface area contributed by atoms with Crippen LogP contribution < -0.4 is 0 Å². The fourth-order valence-electron chi connectivity index (χ4n) is 2.11. The van der Waals surface area contributed by atoms with E-state index in [2.05, 4.69) is 38.8 Å². The smallest absolute Gasteiger partial charge is 0.0312 e. The van der Waals surface area contributed by atoms with E-state index >= 15 is 0 Å². The van der Waals surface area contributed by atoms with E-state index in [9.17, 15) is 0 Å². The van der Waals surface area contributed by atoms with Crippen LogP contribution in [0.25, 0.3) is 0 Å². The first-order valence-electron chi connectivity index (χ1n) is 5.54. The summed E-state index contributed by atoms with van der Waals surface area (Å²) in [5.41, 5.74) is 1.31. The first-order chi connectivity index (χ1) is 7.27. The molecule has 2 unspecified atom stereocenters. The van der Waals surface area contributed by atoms with Crippen molar-refractivity contribution >= 4 is 15.9 Å². The molecule has 0 amide bonds. The van der Waals surface area contributed by atoms with Crippen molar-refractivity contribution in [1.82, 2.24) is 9.88 Å². The van der Waals surface area contributed by atoms with Gasteiger partial charge in [-0.2, -0.15) is 0 Å². The van der Waals surface area contributed by atoms with E-state index in [-0.39, 0.29) is 0 Å². The molecule has 2 heterocycles. The molecule has 3 heteroatoms. The molecule has 1 aromatic rings. The normalized spacial score (nSPS) is 27.9. The first-order valence-corrected chi connectivity index (χ1v) is 6.46. The summed E-state index contributed by atoms with van der Waals surface area (Å²) in [7, 11) is 0. The highest BCUT2D eigenvalue weighted by atomic mass is 79.9. The Morgan fingerprint density at radius 2 is 2.47 bits per heavy atom. The molecule has 0 radical (unpaired) electrons. The Hall–Kier alpha value is -0.410. The van der Waals surface area contributed by atoms with Gasteiger partial charge in [-0.05, 0) is 37.9 Å². The minimum absolute atomic E-state index is 0.624. The van der Waals surface area contributed by atoms with Crippen LogP contribution in [0, 0.1) is 0 Å². The summed E-state index contributed by atoms with van der Waals surface area (Å²) in [4.78, 5) is 7.33. The Morgan fingerprint density at radius 1 is 1.60 bits per heavy atom. The van der Waals surface area contributed by atoms with Gasteiger partial charge in [0.1, 0.15) is 0 Å². The Bertz CT molecular complexity index is 302. The quantitative estimate of drug-likeness (QED) is 0.767. The van der Waals surface area contributed by atoms with E-state index in [1.54, 1.807) is 0 Å². The molecular weight excluding hydrogens is 252 g/mol. The van der Waals surface area contributed by atoms with E-state index < -0.39 is 0 Å². The van der Waals surface area contributed by atoms with Crippen molar-refractivity contribution in [1.29, 1.82) is 0 Å². The number of rotatable bonds is 2. The lowest BCUT2D eigenvalue weighted by Gasteiger charge is -2.36. The monoisotopic (exact) mass is 268 g/mol. The number of likely N-dealkylation sites (tertiary alicyclic amines) is 1. The van der Waals surface area contributed by atoms with Crippen LogP contribution >= 0.6 is 15.9 Å². The van der Waals surface area contributed by atoms with E-state index in [4.69, 9.17) is 0 Å². The molecule has 15 heavy (non-hydrogen) atoms. The number of pyridine rings is 1. The molecule has 0 aliphatic carbocycles. The zero-order valence-electron chi connectivity index (χ0n) is 9.06. The predicted octanol–water partition coefficient (Wildman–Crippen LogP) is 2.83. The second-order valence-electron chi connectivity index (χ2n) is 4.23. The standard InChI is InChI=1S/C12H17BrN2/c1-10-12(13)5-3-7-15(10)9-11-4-2-6-14-8-11/h2,4,6,8,10,12H,3,5,7,9H2,1H3. The van der Waals surface area contributed by atoms with E-state index in [1.807, 2.05) is 18.5 Å². The molecule has 0 saturated carbocycles. The van der Waals surface area contributed by atoms with Crippen LogP contribution in [0.15, 0.2) is 24.5 Å². The molecule has 82 valence electrons. The minimum atomic E-state index is 0.624. The molecule has 1 aromatic heterocycles. The molecule has 1 fully saturated rings. The number of piperidine rings is 1. The topological polar surface area (TPSA) is 16.1 Å². The summed E-state index contributed by atoms with van der Waals surface area (Å²) in [6, 6.07) is 4.78. The van der Waals surface area contributed by atoms with E-state index in [0.717, 1.165) is 6.54 Å². The van der Waals surface area contributed by atoms with Gasteiger partial charge in [0.05, 0.1) is 0 Å². The highest BCUT2D eigenvalue weighted by molar-refractivity contribution is 9.09. The van der Waals surface area contributed by atoms with Crippen molar-refractivity contribution in [2.45, 2.75) is 37.2 Å². The highest BCUT2D eigenvalue weighted by Gasteiger charge is 2.25. The number of nitrogens with zero attached hydrogens (tertiary/aromatic N) is 2. The largest absolute Gasteiger partial charge is 0.295 e. The van der Waals surface area contributed by atoms with Crippen LogP contribution in [0.2, 0.25) is 0 Å². The van der Waals surface area contributed by atoms with Gasteiger partial charge in [0, 0.05) is 29.8 Å². The summed E-state index contributed by atoms with van der Waals surface area (Å²) < 4.78 is 0. The van der Waals surface area contributed by atoms with E-state index in [0.29, 0.717) is 10.9 Å². The third-order valence-corrected chi connectivity index (χ3v) is 4.36. The van der Waals surface area contributed by atoms with Crippen molar-refractivity contribution in [2.24, 2.45) is 0 Å². The second-order valence-corrected chi connectivity index (χ2v) is 5.41. The van der Waals surface area contributed by atoms with Gasteiger partial charge in [-0.3, -0.25) is 9.88 Å². The third-order valence-electron chi connectivity index (χ3n) is 3.13. The van der Waals surface area contributed by atoms with Gasteiger partial charge in [0.2, 0.25) is 0 Å². The molecule has 0 N–H and O–H groups in total. The average molecular weight is 269 g/mol. The molecule has 1 aliphatic heterocycles. The molecule has 2 atom stereocenters. The van der Waals surface area contributed by atoms with Crippen molar-refractivity contribution in [3.05, 3.63) is 30.1 Å². The van der Waals surface area contributed by atoms with Gasteiger partial charge in [-0.25, -0.2) is 0 Å². The lowest BCUT2D eigenvalue weighted by molar-refractivity contribution is 0.160. The van der Waals surface area contributed by atoms with Gasteiger partial charge in [-0.15, -0.1) is 0 Å². The number of halogens is 1. The molecule has 1 aliphatic rings. The average Bonchev–Trinajstić information content (AvgIpc) is 2.26. The van der Waals surface area contributed by atoms with Crippen LogP contribution in [0.4, 0.5) is 0 Å². The highest BCUT2D eigenvalue weighted by Crippen LogP contribution is 2.24. The lowest BCUT2D eigenvalue weighted by atomic mass is 10.0. The number of alkyl halides is 1. The predicted molar refractivity (Wildman–Crippen MR) is 66.1 cm³/mol. The maximum Gasteiger partial charge on any atom is 0.0312 e. The molecule has 0 bridgehead atoms. The molecule has 2 nitrogen and oxygen atoms in total. The Morgan fingerprint density at radius 3 is 3.20 bits per heavy atom. The van der Waals surface area contributed by atoms with Gasteiger partial charge < -0.3 is 0 Å². The molecular formula is C12H17BrN2. The third kappa shape index (κ3) is 2.79. The van der Waals surface area contributed by atoms with Gasteiger partial charge in [0.15, 0.2) is 0 Å². The summed E-state index contributed by atoms with van der Waals surface area (Å²) in [5.74, 6) is 0.